The number of hydrogen-bond acceptors (Lipinski definition) is 0. The van der Waals surface area contributed by atoms with Crippen molar-refractivity contribution in [1.29, 1.82) is 0 Å². The average molecular weight is 267 g/mol. The fourth-order valence-electron chi connectivity index (χ4n) is 2.46. The molecule has 2 rings (SSSR count). The van der Waals surface area contributed by atoms with Gasteiger partial charge in [0, 0.05) is 4.83 Å². The molecule has 0 bridgehead atoms. The Balaban J connectivity index is 2.07. The Bertz CT molecular complexity index is 296. The summed E-state index contributed by atoms with van der Waals surface area (Å²) < 4.78 is 0. The van der Waals surface area contributed by atoms with E-state index in [-0.39, 0.29) is 0 Å². The first-order valence-corrected chi connectivity index (χ1v) is 6.95. The summed E-state index contributed by atoms with van der Waals surface area (Å²) in [5, 5.41) is 0. The van der Waals surface area contributed by atoms with E-state index in [1.165, 1.54) is 36.8 Å². The van der Waals surface area contributed by atoms with Gasteiger partial charge in [0.2, 0.25) is 0 Å². The van der Waals surface area contributed by atoms with Crippen molar-refractivity contribution in [2.45, 2.75) is 43.9 Å². The molecule has 1 atom stereocenters. The van der Waals surface area contributed by atoms with E-state index in [1.54, 1.807) is 0 Å². The molecule has 0 saturated heterocycles. The van der Waals surface area contributed by atoms with Gasteiger partial charge in [-0.3, -0.25) is 0 Å². The lowest BCUT2D eigenvalue weighted by molar-refractivity contribution is 0.542. The molecule has 1 saturated carbocycles. The van der Waals surface area contributed by atoms with E-state index in [4.69, 9.17) is 0 Å². The fraction of sp³-hybridized carbons (Fsp3) is 0.571. The smallest absolute Gasteiger partial charge is 0.0423 e. The lowest BCUT2D eigenvalue weighted by Gasteiger charge is -2.17. The second-order valence-corrected chi connectivity index (χ2v) is 5.53. The van der Waals surface area contributed by atoms with E-state index in [1.807, 2.05) is 0 Å². The predicted octanol–water partition coefficient (Wildman–Crippen LogP) is 4.88. The van der Waals surface area contributed by atoms with Crippen LogP contribution in [0.4, 0.5) is 0 Å². The first-order valence-electron chi connectivity index (χ1n) is 6.04. The SMILES string of the molecule is CCc1ccc(C(Br)C2CCCC2)cc1. The van der Waals surface area contributed by atoms with Crippen molar-refractivity contribution in [2.75, 3.05) is 0 Å². The number of benzene rings is 1. The quantitative estimate of drug-likeness (QED) is 0.685. The predicted molar refractivity (Wildman–Crippen MR) is 69.4 cm³/mol. The number of aryl methyl sites for hydroxylation is 1. The van der Waals surface area contributed by atoms with Gasteiger partial charge in [-0.25, -0.2) is 0 Å². The molecule has 0 aliphatic heterocycles. The molecular formula is C14H19Br. The number of hydrogen-bond donors (Lipinski definition) is 0. The third kappa shape index (κ3) is 2.63. The Hall–Kier alpha value is -0.300. The summed E-state index contributed by atoms with van der Waals surface area (Å²) in [6.07, 6.45) is 6.76. The molecule has 82 valence electrons. The second kappa shape index (κ2) is 5.16. The highest BCUT2D eigenvalue weighted by atomic mass is 79.9. The van der Waals surface area contributed by atoms with Gasteiger partial charge in [-0.05, 0) is 36.3 Å². The van der Waals surface area contributed by atoms with Crippen molar-refractivity contribution in [3.8, 4) is 0 Å². The van der Waals surface area contributed by atoms with Crippen LogP contribution in [0.1, 0.15) is 48.6 Å². The summed E-state index contributed by atoms with van der Waals surface area (Å²) in [4.78, 5) is 0.575. The summed E-state index contributed by atoms with van der Waals surface area (Å²) in [7, 11) is 0. The van der Waals surface area contributed by atoms with Gasteiger partial charge in [0.25, 0.3) is 0 Å². The van der Waals surface area contributed by atoms with Crippen molar-refractivity contribution < 1.29 is 0 Å². The molecule has 1 fully saturated rings. The fourth-order valence-corrected chi connectivity index (χ4v) is 3.29. The van der Waals surface area contributed by atoms with E-state index < -0.39 is 0 Å². The molecule has 0 N–H and O–H groups in total. The van der Waals surface area contributed by atoms with Crippen LogP contribution >= 0.6 is 15.9 Å². The van der Waals surface area contributed by atoms with E-state index in [2.05, 4.69) is 47.1 Å². The normalized spacial score (nSPS) is 19.3. The molecule has 0 spiro atoms. The Morgan fingerprint density at radius 3 is 2.33 bits per heavy atom. The third-order valence-corrected chi connectivity index (χ3v) is 4.80. The van der Waals surface area contributed by atoms with E-state index in [9.17, 15) is 0 Å². The van der Waals surface area contributed by atoms with Crippen molar-refractivity contribution in [1.82, 2.24) is 0 Å². The molecule has 0 amide bonds. The van der Waals surface area contributed by atoms with Gasteiger partial charge in [0.1, 0.15) is 0 Å². The van der Waals surface area contributed by atoms with Gasteiger partial charge in [0.05, 0.1) is 0 Å². The zero-order valence-corrected chi connectivity index (χ0v) is 11.0. The van der Waals surface area contributed by atoms with Crippen LogP contribution in [0.3, 0.4) is 0 Å². The van der Waals surface area contributed by atoms with Gasteiger partial charge in [-0.1, -0.05) is 60.0 Å². The first-order chi connectivity index (χ1) is 7.31. The van der Waals surface area contributed by atoms with Crippen molar-refractivity contribution >= 4 is 15.9 Å². The van der Waals surface area contributed by atoms with Gasteiger partial charge < -0.3 is 0 Å². The van der Waals surface area contributed by atoms with Crippen LogP contribution in [0.5, 0.6) is 0 Å². The molecule has 0 nitrogen and oxygen atoms in total. The number of rotatable bonds is 3. The zero-order chi connectivity index (χ0) is 10.7. The van der Waals surface area contributed by atoms with Crippen LogP contribution in [0.25, 0.3) is 0 Å². The molecule has 0 heterocycles. The highest BCUT2D eigenvalue weighted by Gasteiger charge is 2.23. The van der Waals surface area contributed by atoms with Crippen LogP contribution in [-0.4, -0.2) is 0 Å². The first kappa shape index (κ1) is 11.2. The monoisotopic (exact) mass is 266 g/mol. The summed E-state index contributed by atoms with van der Waals surface area (Å²) in [6, 6.07) is 9.10. The second-order valence-electron chi connectivity index (χ2n) is 4.54. The Morgan fingerprint density at radius 1 is 1.20 bits per heavy atom. The Kier molecular flexibility index (Phi) is 3.85. The van der Waals surface area contributed by atoms with Crippen LogP contribution in [0.15, 0.2) is 24.3 Å². The van der Waals surface area contributed by atoms with Crippen LogP contribution in [-0.2, 0) is 6.42 Å². The van der Waals surface area contributed by atoms with Gasteiger partial charge >= 0.3 is 0 Å². The van der Waals surface area contributed by atoms with Gasteiger partial charge in [0.15, 0.2) is 0 Å². The largest absolute Gasteiger partial charge is 0.0836 e. The molecule has 1 heteroatoms. The molecule has 1 unspecified atom stereocenters. The molecule has 0 radical (unpaired) electrons. The average Bonchev–Trinajstić information content (AvgIpc) is 2.82. The number of alkyl halides is 1. The molecule has 15 heavy (non-hydrogen) atoms. The van der Waals surface area contributed by atoms with E-state index in [0.29, 0.717) is 4.83 Å². The Labute approximate surface area is 101 Å². The maximum absolute atomic E-state index is 3.86. The molecule has 1 aliphatic rings. The zero-order valence-electron chi connectivity index (χ0n) is 9.38. The van der Waals surface area contributed by atoms with E-state index >= 15 is 0 Å². The van der Waals surface area contributed by atoms with Gasteiger partial charge in [-0.15, -0.1) is 0 Å². The molecule has 0 aromatic heterocycles. The summed E-state index contributed by atoms with van der Waals surface area (Å²) >= 11 is 3.86. The maximum atomic E-state index is 3.86. The molecule has 1 aliphatic carbocycles. The summed E-state index contributed by atoms with van der Waals surface area (Å²) in [5.74, 6) is 0.859. The maximum Gasteiger partial charge on any atom is 0.0423 e. The van der Waals surface area contributed by atoms with Crippen LogP contribution < -0.4 is 0 Å². The lowest BCUT2D eigenvalue weighted by Crippen LogP contribution is -2.02. The van der Waals surface area contributed by atoms with Crippen LogP contribution in [0, 0.1) is 5.92 Å². The van der Waals surface area contributed by atoms with Crippen LogP contribution in [0.2, 0.25) is 0 Å². The standard InChI is InChI=1S/C14H19Br/c1-2-11-7-9-13(10-8-11)14(15)12-5-3-4-6-12/h7-10,12,14H,2-6H2,1H3. The summed E-state index contributed by atoms with van der Waals surface area (Å²) in [6.45, 7) is 2.21. The van der Waals surface area contributed by atoms with E-state index in [0.717, 1.165) is 12.3 Å². The lowest BCUT2D eigenvalue weighted by atomic mass is 9.97. The van der Waals surface area contributed by atoms with Gasteiger partial charge in [-0.2, -0.15) is 0 Å². The van der Waals surface area contributed by atoms with Crippen molar-refractivity contribution in [2.24, 2.45) is 5.92 Å². The highest BCUT2D eigenvalue weighted by Crippen LogP contribution is 2.41. The number of halogens is 1. The molecule has 1 aromatic rings. The Morgan fingerprint density at radius 2 is 1.80 bits per heavy atom. The summed E-state index contributed by atoms with van der Waals surface area (Å²) in [5.41, 5.74) is 2.89. The third-order valence-electron chi connectivity index (χ3n) is 3.52. The van der Waals surface area contributed by atoms with Crippen molar-refractivity contribution in [3.05, 3.63) is 35.4 Å². The highest BCUT2D eigenvalue weighted by molar-refractivity contribution is 9.09. The minimum Gasteiger partial charge on any atom is -0.0836 e. The minimum absolute atomic E-state index is 0.575. The topological polar surface area (TPSA) is 0 Å². The molecule has 1 aromatic carbocycles. The van der Waals surface area contributed by atoms with Crippen molar-refractivity contribution in [3.63, 3.8) is 0 Å². The molecular weight excluding hydrogens is 248 g/mol. The minimum atomic E-state index is 0.575.